The van der Waals surface area contributed by atoms with E-state index in [4.69, 9.17) is 0 Å². The van der Waals surface area contributed by atoms with Crippen LogP contribution in [0.4, 0.5) is 5.69 Å². The van der Waals surface area contributed by atoms with Crippen molar-refractivity contribution >= 4 is 11.6 Å². The number of benzene rings is 1. The molecule has 1 aromatic carbocycles. The van der Waals surface area contributed by atoms with Crippen LogP contribution in [0.5, 0.6) is 0 Å². The van der Waals surface area contributed by atoms with E-state index in [2.05, 4.69) is 25.2 Å². The topological polar surface area (TPSA) is 32.3 Å². The zero-order valence-electron chi connectivity index (χ0n) is 9.86. The highest BCUT2D eigenvalue weighted by atomic mass is 16.2. The highest BCUT2D eigenvalue weighted by Gasteiger charge is 2.21. The smallest absolute Gasteiger partial charge is 0.240 e. The van der Waals surface area contributed by atoms with E-state index in [0.29, 0.717) is 12.5 Å². The minimum Gasteiger partial charge on any atom is -0.310 e. The van der Waals surface area contributed by atoms with Crippen LogP contribution in [0.25, 0.3) is 0 Å². The van der Waals surface area contributed by atoms with Crippen molar-refractivity contribution in [2.45, 2.75) is 19.8 Å². The van der Waals surface area contributed by atoms with Crippen LogP contribution in [0.1, 0.15) is 25.3 Å². The molecule has 3 nitrogen and oxygen atoms in total. The molecule has 0 unspecified atom stereocenters. The van der Waals surface area contributed by atoms with Crippen LogP contribution in [-0.2, 0) is 4.79 Å². The highest BCUT2D eigenvalue weighted by Crippen LogP contribution is 2.27. The fourth-order valence-electron chi connectivity index (χ4n) is 2.08. The molecule has 0 radical (unpaired) electrons. The standard InChI is InChI=1S/C13H18N2O/c1-10(2)11-5-3-4-6-12(11)15-8-7-14-9-13(15)16/h3-6,10,14H,7-9H2,1-2H3. The van der Waals surface area contributed by atoms with Gasteiger partial charge in [-0.25, -0.2) is 0 Å². The van der Waals surface area contributed by atoms with Crippen molar-refractivity contribution < 1.29 is 4.79 Å². The number of nitrogens with zero attached hydrogens (tertiary/aromatic N) is 1. The quantitative estimate of drug-likeness (QED) is 0.820. The Hall–Kier alpha value is -1.35. The second-order valence-electron chi connectivity index (χ2n) is 4.44. The van der Waals surface area contributed by atoms with Gasteiger partial charge in [0.25, 0.3) is 0 Å². The molecule has 0 aliphatic carbocycles. The molecule has 1 amide bonds. The molecule has 0 atom stereocenters. The van der Waals surface area contributed by atoms with Gasteiger partial charge in [-0.2, -0.15) is 0 Å². The van der Waals surface area contributed by atoms with Gasteiger partial charge in [-0.3, -0.25) is 4.79 Å². The summed E-state index contributed by atoms with van der Waals surface area (Å²) in [6.07, 6.45) is 0. The predicted molar refractivity (Wildman–Crippen MR) is 65.8 cm³/mol. The molecule has 1 aliphatic rings. The number of carbonyl (C=O) groups excluding carboxylic acids is 1. The Morgan fingerprint density at radius 2 is 2.06 bits per heavy atom. The van der Waals surface area contributed by atoms with Gasteiger partial charge in [-0.1, -0.05) is 32.0 Å². The summed E-state index contributed by atoms with van der Waals surface area (Å²) < 4.78 is 0. The number of anilines is 1. The number of rotatable bonds is 2. The van der Waals surface area contributed by atoms with Gasteiger partial charge in [0.15, 0.2) is 0 Å². The van der Waals surface area contributed by atoms with Gasteiger partial charge < -0.3 is 10.2 Å². The lowest BCUT2D eigenvalue weighted by molar-refractivity contribution is -0.118. The van der Waals surface area contributed by atoms with E-state index in [1.807, 2.05) is 23.1 Å². The number of hydrogen-bond donors (Lipinski definition) is 1. The zero-order chi connectivity index (χ0) is 11.5. The van der Waals surface area contributed by atoms with Gasteiger partial charge in [0, 0.05) is 18.8 Å². The minimum atomic E-state index is 0.166. The third-order valence-corrected chi connectivity index (χ3v) is 2.94. The normalized spacial score (nSPS) is 16.9. The second kappa shape index (κ2) is 4.66. The first-order valence-electron chi connectivity index (χ1n) is 5.80. The number of amides is 1. The number of para-hydroxylation sites is 1. The van der Waals surface area contributed by atoms with E-state index in [1.54, 1.807) is 0 Å². The summed E-state index contributed by atoms with van der Waals surface area (Å²) in [4.78, 5) is 13.7. The second-order valence-corrected chi connectivity index (χ2v) is 4.44. The lowest BCUT2D eigenvalue weighted by atomic mass is 10.00. The van der Waals surface area contributed by atoms with E-state index in [1.165, 1.54) is 5.56 Å². The number of nitrogens with one attached hydrogen (secondary N) is 1. The maximum Gasteiger partial charge on any atom is 0.240 e. The minimum absolute atomic E-state index is 0.166. The predicted octanol–water partition coefficient (Wildman–Crippen LogP) is 1.75. The largest absolute Gasteiger partial charge is 0.310 e. The summed E-state index contributed by atoms with van der Waals surface area (Å²) >= 11 is 0. The van der Waals surface area contributed by atoms with Crippen LogP contribution in [-0.4, -0.2) is 25.5 Å². The molecule has 0 spiro atoms. The molecule has 2 rings (SSSR count). The molecule has 16 heavy (non-hydrogen) atoms. The zero-order valence-corrected chi connectivity index (χ0v) is 9.86. The Kier molecular flexibility index (Phi) is 3.25. The molecule has 1 fully saturated rings. The molecular weight excluding hydrogens is 200 g/mol. The Morgan fingerprint density at radius 1 is 1.31 bits per heavy atom. The van der Waals surface area contributed by atoms with E-state index < -0.39 is 0 Å². The van der Waals surface area contributed by atoms with Gasteiger partial charge in [-0.05, 0) is 17.5 Å². The van der Waals surface area contributed by atoms with E-state index >= 15 is 0 Å². The summed E-state index contributed by atoms with van der Waals surface area (Å²) in [6.45, 7) is 6.41. The molecule has 1 aliphatic heterocycles. The molecule has 0 aromatic heterocycles. The van der Waals surface area contributed by atoms with Gasteiger partial charge in [0.2, 0.25) is 5.91 Å². The number of piperazine rings is 1. The summed E-state index contributed by atoms with van der Waals surface area (Å²) in [6, 6.07) is 8.18. The fourth-order valence-corrected chi connectivity index (χ4v) is 2.08. The number of carbonyl (C=O) groups is 1. The molecule has 1 saturated heterocycles. The fraction of sp³-hybridized carbons (Fsp3) is 0.462. The average Bonchev–Trinajstić information content (AvgIpc) is 2.29. The summed E-state index contributed by atoms with van der Waals surface area (Å²) in [7, 11) is 0. The van der Waals surface area contributed by atoms with E-state index in [-0.39, 0.29) is 5.91 Å². The lowest BCUT2D eigenvalue weighted by Crippen LogP contribution is -2.48. The molecule has 1 N–H and O–H groups in total. The third kappa shape index (κ3) is 2.09. The highest BCUT2D eigenvalue weighted by molar-refractivity contribution is 5.96. The van der Waals surface area contributed by atoms with Crippen molar-refractivity contribution in [1.29, 1.82) is 0 Å². The molecular formula is C13H18N2O. The van der Waals surface area contributed by atoms with Gasteiger partial charge in [0.05, 0.1) is 6.54 Å². The van der Waals surface area contributed by atoms with Crippen molar-refractivity contribution in [1.82, 2.24) is 5.32 Å². The molecule has 0 saturated carbocycles. The van der Waals surface area contributed by atoms with Crippen LogP contribution in [0.3, 0.4) is 0 Å². The Balaban J connectivity index is 2.34. The van der Waals surface area contributed by atoms with Crippen molar-refractivity contribution in [3.63, 3.8) is 0 Å². The van der Waals surface area contributed by atoms with Crippen LogP contribution < -0.4 is 10.2 Å². The van der Waals surface area contributed by atoms with E-state index in [9.17, 15) is 4.79 Å². The van der Waals surface area contributed by atoms with Crippen LogP contribution in [0, 0.1) is 0 Å². The summed E-state index contributed by atoms with van der Waals surface area (Å²) in [5.74, 6) is 0.609. The molecule has 86 valence electrons. The van der Waals surface area contributed by atoms with Crippen molar-refractivity contribution in [3.8, 4) is 0 Å². The summed E-state index contributed by atoms with van der Waals surface area (Å²) in [5, 5.41) is 3.09. The van der Waals surface area contributed by atoms with Crippen LogP contribution in [0.15, 0.2) is 24.3 Å². The first-order valence-corrected chi connectivity index (χ1v) is 5.80. The maximum absolute atomic E-state index is 11.8. The Morgan fingerprint density at radius 3 is 2.75 bits per heavy atom. The third-order valence-electron chi connectivity index (χ3n) is 2.94. The Bertz CT molecular complexity index is 387. The van der Waals surface area contributed by atoms with Crippen LogP contribution >= 0.6 is 0 Å². The maximum atomic E-state index is 11.8. The molecule has 0 bridgehead atoms. The Labute approximate surface area is 96.5 Å². The van der Waals surface area contributed by atoms with Crippen molar-refractivity contribution in [2.75, 3.05) is 24.5 Å². The van der Waals surface area contributed by atoms with Crippen LogP contribution in [0.2, 0.25) is 0 Å². The van der Waals surface area contributed by atoms with Gasteiger partial charge in [0.1, 0.15) is 0 Å². The SMILES string of the molecule is CC(C)c1ccccc1N1CCNCC1=O. The van der Waals surface area contributed by atoms with Gasteiger partial charge >= 0.3 is 0 Å². The van der Waals surface area contributed by atoms with Gasteiger partial charge in [-0.15, -0.1) is 0 Å². The van der Waals surface area contributed by atoms with Crippen molar-refractivity contribution in [3.05, 3.63) is 29.8 Å². The molecule has 1 aromatic rings. The first-order chi connectivity index (χ1) is 7.70. The summed E-state index contributed by atoms with van der Waals surface area (Å²) in [5.41, 5.74) is 2.32. The average molecular weight is 218 g/mol. The monoisotopic (exact) mass is 218 g/mol. The van der Waals surface area contributed by atoms with E-state index in [0.717, 1.165) is 18.8 Å². The first kappa shape index (κ1) is 11.1. The molecule has 3 heteroatoms. The number of hydrogen-bond acceptors (Lipinski definition) is 2. The molecule has 1 heterocycles. The van der Waals surface area contributed by atoms with Crippen molar-refractivity contribution in [2.24, 2.45) is 0 Å². The lowest BCUT2D eigenvalue weighted by Gasteiger charge is -2.30.